The maximum atomic E-state index is 13.3. The molecule has 0 bridgehead atoms. The van der Waals surface area contributed by atoms with E-state index >= 15 is 0 Å². The number of phenols is 1. The molecule has 0 spiro atoms. The topological polar surface area (TPSA) is 116 Å². The Morgan fingerprint density at radius 3 is 2.29 bits per heavy atom. The average Bonchev–Trinajstić information content (AvgIpc) is 3.19. The average molecular weight is 502 g/mol. The SMILES string of the molecule is CC(C)(C)c1cc(C(=O)N2CCS(=O)(=O)CC2)c(NC(=O)Nc2ccc(O)c3ccccc23)s1. The number of urea groups is 1. The van der Waals surface area contributed by atoms with Crippen LogP contribution in [0.2, 0.25) is 0 Å². The van der Waals surface area contributed by atoms with E-state index in [1.165, 1.54) is 22.3 Å². The van der Waals surface area contributed by atoms with Crippen LogP contribution in [0.3, 0.4) is 0 Å². The van der Waals surface area contributed by atoms with E-state index in [-0.39, 0.29) is 41.7 Å². The van der Waals surface area contributed by atoms with Gasteiger partial charge < -0.3 is 15.3 Å². The second-order valence-corrected chi connectivity index (χ2v) is 12.7. The van der Waals surface area contributed by atoms with Crippen molar-refractivity contribution >= 4 is 54.6 Å². The molecule has 2 aromatic carbocycles. The highest BCUT2D eigenvalue weighted by molar-refractivity contribution is 7.91. The molecule has 1 aromatic heterocycles. The highest BCUT2D eigenvalue weighted by Gasteiger charge is 2.30. The number of sulfone groups is 1. The lowest BCUT2D eigenvalue weighted by Crippen LogP contribution is -2.43. The van der Waals surface area contributed by atoms with Crippen LogP contribution in [0.4, 0.5) is 15.5 Å². The van der Waals surface area contributed by atoms with Gasteiger partial charge in [-0.05, 0) is 23.6 Å². The van der Waals surface area contributed by atoms with Gasteiger partial charge in [0.1, 0.15) is 10.8 Å². The van der Waals surface area contributed by atoms with E-state index in [2.05, 4.69) is 10.6 Å². The Balaban J connectivity index is 1.60. The second-order valence-electron chi connectivity index (χ2n) is 9.30. The van der Waals surface area contributed by atoms with E-state index in [0.29, 0.717) is 27.0 Å². The Morgan fingerprint density at radius 2 is 1.65 bits per heavy atom. The summed E-state index contributed by atoms with van der Waals surface area (Å²) in [6.07, 6.45) is 0. The van der Waals surface area contributed by atoms with Crippen molar-refractivity contribution < 1.29 is 23.1 Å². The first-order valence-corrected chi connectivity index (χ1v) is 13.5. The molecule has 0 radical (unpaired) electrons. The Labute approximate surface area is 202 Å². The molecule has 8 nitrogen and oxygen atoms in total. The Morgan fingerprint density at radius 1 is 1.00 bits per heavy atom. The molecular weight excluding hydrogens is 474 g/mol. The minimum Gasteiger partial charge on any atom is -0.507 e. The number of benzene rings is 2. The maximum absolute atomic E-state index is 13.3. The summed E-state index contributed by atoms with van der Waals surface area (Å²) in [6, 6.07) is 11.6. The molecule has 1 fully saturated rings. The van der Waals surface area contributed by atoms with E-state index in [1.54, 1.807) is 30.3 Å². The van der Waals surface area contributed by atoms with Gasteiger partial charge in [0.25, 0.3) is 5.91 Å². The minimum atomic E-state index is -3.12. The molecule has 10 heteroatoms. The summed E-state index contributed by atoms with van der Waals surface area (Å²) in [5.74, 6) is -0.309. The summed E-state index contributed by atoms with van der Waals surface area (Å²) in [4.78, 5) is 28.6. The van der Waals surface area contributed by atoms with Gasteiger partial charge in [-0.2, -0.15) is 0 Å². The van der Waals surface area contributed by atoms with Gasteiger partial charge in [0.2, 0.25) is 0 Å². The van der Waals surface area contributed by atoms with Crippen LogP contribution in [0.25, 0.3) is 10.8 Å². The number of phenolic OH excluding ortho intramolecular Hbond substituents is 1. The molecule has 1 aliphatic rings. The molecule has 3 aromatic rings. The first-order chi connectivity index (χ1) is 15.9. The normalized spacial score (nSPS) is 15.8. The quantitative estimate of drug-likeness (QED) is 0.460. The molecular formula is C24H27N3O5S2. The zero-order valence-corrected chi connectivity index (χ0v) is 20.8. The third-order valence-electron chi connectivity index (χ3n) is 5.71. The summed E-state index contributed by atoms with van der Waals surface area (Å²) >= 11 is 1.33. The number of anilines is 2. The van der Waals surface area contributed by atoms with E-state index in [0.717, 1.165) is 4.88 Å². The van der Waals surface area contributed by atoms with Crippen LogP contribution in [0, 0.1) is 0 Å². The fraction of sp³-hybridized carbons (Fsp3) is 0.333. The number of carbonyl (C=O) groups excluding carboxylic acids is 2. The number of thiophene rings is 1. The summed E-state index contributed by atoms with van der Waals surface area (Å²) in [5.41, 5.74) is 0.627. The Kier molecular flexibility index (Phi) is 6.30. The fourth-order valence-corrected chi connectivity index (χ4v) is 6.05. The number of carbonyl (C=O) groups is 2. The van der Waals surface area contributed by atoms with Crippen molar-refractivity contribution in [3.63, 3.8) is 0 Å². The predicted octanol–water partition coefficient (Wildman–Crippen LogP) is 4.42. The van der Waals surface area contributed by atoms with Crippen molar-refractivity contribution in [3.05, 3.63) is 52.9 Å². The highest BCUT2D eigenvalue weighted by atomic mass is 32.2. The first-order valence-electron chi connectivity index (χ1n) is 10.9. The van der Waals surface area contributed by atoms with Gasteiger partial charge in [-0.25, -0.2) is 13.2 Å². The van der Waals surface area contributed by atoms with Crippen molar-refractivity contribution in [1.29, 1.82) is 0 Å². The van der Waals surface area contributed by atoms with Gasteiger partial charge in [0, 0.05) is 28.7 Å². The van der Waals surface area contributed by atoms with Crippen molar-refractivity contribution in [2.24, 2.45) is 0 Å². The van der Waals surface area contributed by atoms with E-state index in [9.17, 15) is 23.1 Å². The third-order valence-corrected chi connectivity index (χ3v) is 8.80. The summed E-state index contributed by atoms with van der Waals surface area (Å²) < 4.78 is 23.5. The molecule has 3 amide bonds. The summed E-state index contributed by atoms with van der Waals surface area (Å²) in [6.45, 7) is 6.33. The number of fused-ring (bicyclic) bond motifs is 1. The van der Waals surface area contributed by atoms with Gasteiger partial charge >= 0.3 is 6.03 Å². The largest absolute Gasteiger partial charge is 0.507 e. The first kappa shape index (κ1) is 24.0. The highest BCUT2D eigenvalue weighted by Crippen LogP contribution is 2.37. The van der Waals surface area contributed by atoms with Gasteiger partial charge in [0.15, 0.2) is 9.84 Å². The van der Waals surface area contributed by atoms with Crippen LogP contribution in [0.15, 0.2) is 42.5 Å². The van der Waals surface area contributed by atoms with Crippen molar-refractivity contribution in [1.82, 2.24) is 4.90 Å². The number of nitrogens with zero attached hydrogens (tertiary/aromatic N) is 1. The fourth-order valence-electron chi connectivity index (χ4n) is 3.75. The number of amides is 3. The zero-order valence-electron chi connectivity index (χ0n) is 19.2. The minimum absolute atomic E-state index is 0.0633. The molecule has 4 rings (SSSR count). The predicted molar refractivity (Wildman–Crippen MR) is 136 cm³/mol. The van der Waals surface area contributed by atoms with Crippen LogP contribution in [0.1, 0.15) is 36.0 Å². The van der Waals surface area contributed by atoms with Crippen molar-refractivity contribution in [2.45, 2.75) is 26.2 Å². The molecule has 2 heterocycles. The standard InChI is InChI=1S/C24H27N3O5S2/c1-24(2,3)20-14-17(22(29)27-10-12-34(31,32)13-11-27)21(33-20)26-23(30)25-18-8-9-19(28)16-7-5-4-6-15(16)18/h4-9,14,28H,10-13H2,1-3H3,(H2,25,26,30). The molecule has 0 aliphatic carbocycles. The van der Waals surface area contributed by atoms with Crippen LogP contribution < -0.4 is 10.6 Å². The van der Waals surface area contributed by atoms with Crippen LogP contribution in [-0.4, -0.2) is 55.0 Å². The molecule has 0 atom stereocenters. The van der Waals surface area contributed by atoms with Crippen LogP contribution in [-0.2, 0) is 15.3 Å². The third kappa shape index (κ3) is 5.02. The summed E-state index contributed by atoms with van der Waals surface area (Å²) in [7, 11) is -3.12. The lowest BCUT2D eigenvalue weighted by Gasteiger charge is -2.26. The zero-order chi connectivity index (χ0) is 24.7. The Hall–Kier alpha value is -3.11. The lowest BCUT2D eigenvalue weighted by molar-refractivity contribution is 0.0771. The Bertz CT molecular complexity index is 1360. The number of nitrogens with one attached hydrogen (secondary N) is 2. The molecule has 0 saturated carbocycles. The van der Waals surface area contributed by atoms with Crippen LogP contribution in [0.5, 0.6) is 5.75 Å². The monoisotopic (exact) mass is 501 g/mol. The van der Waals surface area contributed by atoms with E-state index in [1.807, 2.05) is 26.8 Å². The van der Waals surface area contributed by atoms with Gasteiger partial charge in [0.05, 0.1) is 22.8 Å². The molecule has 1 aliphatic heterocycles. The van der Waals surface area contributed by atoms with E-state index in [4.69, 9.17) is 0 Å². The van der Waals surface area contributed by atoms with Gasteiger partial charge in [-0.1, -0.05) is 45.0 Å². The summed E-state index contributed by atoms with van der Waals surface area (Å²) in [5, 5.41) is 17.4. The molecule has 180 valence electrons. The number of aromatic hydroxyl groups is 1. The van der Waals surface area contributed by atoms with Crippen LogP contribution >= 0.6 is 11.3 Å². The molecule has 0 unspecified atom stereocenters. The van der Waals surface area contributed by atoms with Crippen molar-refractivity contribution in [3.8, 4) is 5.75 Å². The van der Waals surface area contributed by atoms with E-state index < -0.39 is 15.9 Å². The van der Waals surface area contributed by atoms with Gasteiger partial charge in [-0.3, -0.25) is 10.1 Å². The number of hydrogen-bond acceptors (Lipinski definition) is 6. The lowest BCUT2D eigenvalue weighted by atomic mass is 9.94. The second kappa shape index (κ2) is 8.92. The number of rotatable bonds is 3. The molecule has 1 saturated heterocycles. The smallest absolute Gasteiger partial charge is 0.324 e. The van der Waals surface area contributed by atoms with Gasteiger partial charge in [-0.15, -0.1) is 11.3 Å². The molecule has 34 heavy (non-hydrogen) atoms. The number of hydrogen-bond donors (Lipinski definition) is 3. The van der Waals surface area contributed by atoms with Crippen molar-refractivity contribution in [2.75, 3.05) is 35.2 Å². The molecule has 3 N–H and O–H groups in total. The maximum Gasteiger partial charge on any atom is 0.324 e.